The monoisotopic (exact) mass is 207 g/mol. The zero-order chi connectivity index (χ0) is 10.7. The van der Waals surface area contributed by atoms with Gasteiger partial charge in [-0.25, -0.2) is 9.37 Å². The first-order valence-electron chi connectivity index (χ1n) is 4.54. The van der Waals surface area contributed by atoms with Crippen LogP contribution in [-0.2, 0) is 6.61 Å². The third-order valence-electron chi connectivity index (χ3n) is 1.86. The van der Waals surface area contributed by atoms with Gasteiger partial charge in [0.1, 0.15) is 23.9 Å². The molecule has 2 heterocycles. The summed E-state index contributed by atoms with van der Waals surface area (Å²) in [6.45, 7) is 2.16. The molecule has 2 rings (SSSR count). The molecular weight excluding hydrogens is 197 g/mol. The molecule has 0 aliphatic heterocycles. The van der Waals surface area contributed by atoms with Gasteiger partial charge in [-0.1, -0.05) is 0 Å². The summed E-state index contributed by atoms with van der Waals surface area (Å²) in [5.41, 5.74) is 0. The number of nitrogens with zero attached hydrogens (tertiary/aromatic N) is 1. The number of hydrogen-bond acceptors (Lipinski definition) is 3. The largest absolute Gasteiger partial charge is 0.469 e. The molecule has 0 saturated carbocycles. The normalized spacial score (nSPS) is 10.3. The van der Waals surface area contributed by atoms with Gasteiger partial charge >= 0.3 is 0 Å². The zero-order valence-electron chi connectivity index (χ0n) is 8.24. The Morgan fingerprint density at radius 2 is 2.20 bits per heavy atom. The van der Waals surface area contributed by atoms with E-state index in [1.54, 1.807) is 0 Å². The average Bonchev–Trinajstić information content (AvgIpc) is 2.64. The van der Waals surface area contributed by atoms with Gasteiger partial charge < -0.3 is 9.15 Å². The fourth-order valence-corrected chi connectivity index (χ4v) is 1.16. The van der Waals surface area contributed by atoms with E-state index in [0.29, 0.717) is 12.5 Å². The number of halogens is 1. The molecule has 0 aliphatic carbocycles. The highest BCUT2D eigenvalue weighted by Crippen LogP contribution is 2.11. The van der Waals surface area contributed by atoms with Gasteiger partial charge in [-0.2, -0.15) is 0 Å². The molecule has 0 bridgehead atoms. The molecule has 3 nitrogen and oxygen atoms in total. The maximum absolute atomic E-state index is 12.5. The van der Waals surface area contributed by atoms with Crippen LogP contribution in [0, 0.1) is 12.7 Å². The molecule has 0 atom stereocenters. The van der Waals surface area contributed by atoms with Gasteiger partial charge in [-0.05, 0) is 25.1 Å². The second-order valence-electron chi connectivity index (χ2n) is 3.12. The van der Waals surface area contributed by atoms with Crippen LogP contribution in [0.3, 0.4) is 0 Å². The summed E-state index contributed by atoms with van der Waals surface area (Å²) in [6, 6.07) is 6.47. The number of aromatic nitrogens is 1. The predicted octanol–water partition coefficient (Wildman–Crippen LogP) is 2.70. The van der Waals surface area contributed by atoms with Gasteiger partial charge in [0.15, 0.2) is 0 Å². The van der Waals surface area contributed by atoms with Crippen molar-refractivity contribution in [2.45, 2.75) is 13.5 Å². The first kappa shape index (κ1) is 9.71. The molecule has 0 amide bonds. The van der Waals surface area contributed by atoms with Gasteiger partial charge in [0, 0.05) is 6.07 Å². The summed E-state index contributed by atoms with van der Waals surface area (Å²) in [5.74, 6) is 1.56. The maximum Gasteiger partial charge on any atom is 0.213 e. The Kier molecular flexibility index (Phi) is 2.67. The summed E-state index contributed by atoms with van der Waals surface area (Å²) >= 11 is 0. The van der Waals surface area contributed by atoms with Crippen LogP contribution in [0.5, 0.6) is 5.88 Å². The summed E-state index contributed by atoms with van der Waals surface area (Å²) < 4.78 is 23.1. The van der Waals surface area contributed by atoms with E-state index in [1.165, 1.54) is 12.1 Å². The van der Waals surface area contributed by atoms with Crippen molar-refractivity contribution in [1.29, 1.82) is 0 Å². The Hall–Kier alpha value is -1.84. The van der Waals surface area contributed by atoms with Crippen LogP contribution in [0.2, 0.25) is 0 Å². The highest BCUT2D eigenvalue weighted by molar-refractivity contribution is 5.11. The highest BCUT2D eigenvalue weighted by Gasteiger charge is 2.00. The van der Waals surface area contributed by atoms with Crippen molar-refractivity contribution in [1.82, 2.24) is 4.98 Å². The van der Waals surface area contributed by atoms with Crippen molar-refractivity contribution in [2.75, 3.05) is 0 Å². The molecule has 78 valence electrons. The number of hydrogen-bond donors (Lipinski definition) is 0. The first-order chi connectivity index (χ1) is 7.24. The van der Waals surface area contributed by atoms with Gasteiger partial charge in [0.25, 0.3) is 0 Å². The van der Waals surface area contributed by atoms with E-state index in [4.69, 9.17) is 9.15 Å². The minimum atomic E-state index is -0.379. The molecule has 0 spiro atoms. The van der Waals surface area contributed by atoms with Crippen molar-refractivity contribution < 1.29 is 13.5 Å². The Bertz CT molecular complexity index is 436. The van der Waals surface area contributed by atoms with E-state index < -0.39 is 0 Å². The topological polar surface area (TPSA) is 35.3 Å². The van der Waals surface area contributed by atoms with Crippen molar-refractivity contribution in [3.8, 4) is 5.88 Å². The lowest BCUT2D eigenvalue weighted by Gasteiger charge is -2.01. The SMILES string of the molecule is Cc1ccc(COc2ccc(F)cn2)o1. The lowest BCUT2D eigenvalue weighted by molar-refractivity contribution is 0.257. The number of ether oxygens (including phenoxy) is 1. The number of aryl methyl sites for hydroxylation is 1. The standard InChI is InChI=1S/C11H10FNO2/c1-8-2-4-10(15-8)7-14-11-5-3-9(12)6-13-11/h2-6H,7H2,1H3. The summed E-state index contributed by atoms with van der Waals surface area (Å²) in [4.78, 5) is 3.76. The fraction of sp³-hybridized carbons (Fsp3) is 0.182. The van der Waals surface area contributed by atoms with Crippen LogP contribution in [0.25, 0.3) is 0 Å². The zero-order valence-corrected chi connectivity index (χ0v) is 8.24. The number of pyridine rings is 1. The Morgan fingerprint density at radius 3 is 2.80 bits per heavy atom. The van der Waals surface area contributed by atoms with Gasteiger partial charge in [0.2, 0.25) is 5.88 Å². The Labute approximate surface area is 86.5 Å². The molecule has 0 unspecified atom stereocenters. The Balaban J connectivity index is 1.96. The lowest BCUT2D eigenvalue weighted by atomic mass is 10.4. The van der Waals surface area contributed by atoms with Crippen molar-refractivity contribution in [3.63, 3.8) is 0 Å². The van der Waals surface area contributed by atoms with E-state index in [2.05, 4.69) is 4.98 Å². The molecule has 15 heavy (non-hydrogen) atoms. The van der Waals surface area contributed by atoms with Crippen LogP contribution in [0.15, 0.2) is 34.9 Å². The molecule has 0 fully saturated rings. The Morgan fingerprint density at radius 1 is 1.33 bits per heavy atom. The van der Waals surface area contributed by atoms with Crippen LogP contribution >= 0.6 is 0 Å². The van der Waals surface area contributed by atoms with Gasteiger partial charge in [0.05, 0.1) is 6.20 Å². The van der Waals surface area contributed by atoms with Crippen LogP contribution in [0.1, 0.15) is 11.5 Å². The van der Waals surface area contributed by atoms with Crippen molar-refractivity contribution >= 4 is 0 Å². The second-order valence-corrected chi connectivity index (χ2v) is 3.12. The average molecular weight is 207 g/mol. The highest BCUT2D eigenvalue weighted by atomic mass is 19.1. The van der Waals surface area contributed by atoms with Crippen LogP contribution < -0.4 is 4.74 Å². The minimum absolute atomic E-state index is 0.298. The molecule has 4 heteroatoms. The third kappa shape index (κ3) is 2.56. The number of furan rings is 1. The van der Waals surface area contributed by atoms with Crippen molar-refractivity contribution in [2.24, 2.45) is 0 Å². The van der Waals surface area contributed by atoms with E-state index in [9.17, 15) is 4.39 Å². The predicted molar refractivity (Wildman–Crippen MR) is 52.0 cm³/mol. The maximum atomic E-state index is 12.5. The first-order valence-corrected chi connectivity index (χ1v) is 4.54. The molecule has 0 aromatic carbocycles. The van der Waals surface area contributed by atoms with Gasteiger partial charge in [-0.3, -0.25) is 0 Å². The van der Waals surface area contributed by atoms with E-state index in [0.717, 1.165) is 17.7 Å². The summed E-state index contributed by atoms with van der Waals surface area (Å²) in [7, 11) is 0. The fourth-order valence-electron chi connectivity index (χ4n) is 1.16. The third-order valence-corrected chi connectivity index (χ3v) is 1.86. The van der Waals surface area contributed by atoms with Crippen molar-refractivity contribution in [3.05, 3.63) is 47.8 Å². The lowest BCUT2D eigenvalue weighted by Crippen LogP contribution is -1.95. The molecule has 2 aromatic heterocycles. The van der Waals surface area contributed by atoms with Crippen LogP contribution in [0.4, 0.5) is 4.39 Å². The molecule has 0 N–H and O–H groups in total. The van der Waals surface area contributed by atoms with Crippen LogP contribution in [-0.4, -0.2) is 4.98 Å². The summed E-state index contributed by atoms with van der Waals surface area (Å²) in [5, 5.41) is 0. The van der Waals surface area contributed by atoms with Gasteiger partial charge in [-0.15, -0.1) is 0 Å². The quantitative estimate of drug-likeness (QED) is 0.776. The van der Waals surface area contributed by atoms with E-state index in [1.807, 2.05) is 19.1 Å². The smallest absolute Gasteiger partial charge is 0.213 e. The van der Waals surface area contributed by atoms with E-state index >= 15 is 0 Å². The van der Waals surface area contributed by atoms with E-state index in [-0.39, 0.29) is 5.82 Å². The number of rotatable bonds is 3. The molecular formula is C11H10FNO2. The molecule has 0 aliphatic rings. The minimum Gasteiger partial charge on any atom is -0.469 e. The molecule has 0 saturated heterocycles. The summed E-state index contributed by atoms with van der Waals surface area (Å²) in [6.07, 6.45) is 1.11. The molecule has 0 radical (unpaired) electrons. The second kappa shape index (κ2) is 4.13. The molecule has 2 aromatic rings.